The SMILES string of the molecule is CC/C=C/C=C/C=C/CCCCCCCC(=O)OCC(COC(=O)CCCCCCCC/C=C/C=C/CCCCC)OC(=O)CCCCCCCCCCCCCCCCC. The molecule has 0 radical (unpaired) electrons. The van der Waals surface area contributed by atoms with Crippen LogP contribution in [-0.2, 0) is 28.6 Å². The minimum atomic E-state index is -0.784. The highest BCUT2D eigenvalue weighted by atomic mass is 16.6. The highest BCUT2D eigenvalue weighted by Crippen LogP contribution is 2.15. The minimum absolute atomic E-state index is 0.0855. The number of carbonyl (C=O) groups is 3. The first-order valence-electron chi connectivity index (χ1n) is 25.8. The molecular weight excluding hydrogens is 757 g/mol. The van der Waals surface area contributed by atoms with E-state index in [0.29, 0.717) is 19.3 Å². The zero-order chi connectivity index (χ0) is 44.4. The number of allylic oxidation sites excluding steroid dienone is 10. The van der Waals surface area contributed by atoms with Crippen LogP contribution in [-0.4, -0.2) is 37.2 Å². The van der Waals surface area contributed by atoms with Crippen molar-refractivity contribution >= 4 is 17.9 Å². The summed E-state index contributed by atoms with van der Waals surface area (Å²) in [6.45, 7) is 6.46. The molecule has 0 saturated heterocycles. The molecule has 0 aliphatic carbocycles. The Kier molecular flexibility index (Phi) is 47.4. The van der Waals surface area contributed by atoms with Gasteiger partial charge in [-0.3, -0.25) is 14.4 Å². The van der Waals surface area contributed by atoms with Crippen molar-refractivity contribution in [3.8, 4) is 0 Å². The summed E-state index contributed by atoms with van der Waals surface area (Å²) in [4.78, 5) is 38.0. The van der Waals surface area contributed by atoms with Crippen LogP contribution >= 0.6 is 0 Å². The van der Waals surface area contributed by atoms with Crippen molar-refractivity contribution in [1.82, 2.24) is 0 Å². The van der Waals surface area contributed by atoms with Gasteiger partial charge in [-0.2, -0.15) is 0 Å². The summed E-state index contributed by atoms with van der Waals surface area (Å²) in [5.41, 5.74) is 0. The van der Waals surface area contributed by atoms with Crippen LogP contribution in [0.4, 0.5) is 0 Å². The Hall–Kier alpha value is -2.89. The fourth-order valence-electron chi connectivity index (χ4n) is 7.20. The van der Waals surface area contributed by atoms with E-state index in [1.54, 1.807) is 0 Å². The van der Waals surface area contributed by atoms with Gasteiger partial charge >= 0.3 is 17.9 Å². The second-order valence-electron chi connectivity index (χ2n) is 17.1. The molecule has 0 aliphatic rings. The lowest BCUT2D eigenvalue weighted by atomic mass is 10.0. The van der Waals surface area contributed by atoms with Crippen molar-refractivity contribution in [2.24, 2.45) is 0 Å². The molecule has 0 amide bonds. The first kappa shape index (κ1) is 58.1. The topological polar surface area (TPSA) is 78.9 Å². The molecule has 1 unspecified atom stereocenters. The maximum atomic E-state index is 12.8. The number of rotatable bonds is 46. The van der Waals surface area contributed by atoms with E-state index in [2.05, 4.69) is 81.5 Å². The van der Waals surface area contributed by atoms with Crippen molar-refractivity contribution < 1.29 is 28.6 Å². The lowest BCUT2D eigenvalue weighted by Gasteiger charge is -2.18. The van der Waals surface area contributed by atoms with E-state index in [-0.39, 0.29) is 31.1 Å². The highest BCUT2D eigenvalue weighted by molar-refractivity contribution is 5.71. The van der Waals surface area contributed by atoms with Gasteiger partial charge in [-0.1, -0.05) is 229 Å². The molecule has 61 heavy (non-hydrogen) atoms. The monoisotopic (exact) mass is 853 g/mol. The molecule has 6 nitrogen and oxygen atoms in total. The molecule has 0 fully saturated rings. The van der Waals surface area contributed by atoms with Gasteiger partial charge in [-0.15, -0.1) is 0 Å². The Morgan fingerprint density at radius 3 is 1.03 bits per heavy atom. The van der Waals surface area contributed by atoms with Gasteiger partial charge in [-0.25, -0.2) is 0 Å². The van der Waals surface area contributed by atoms with Crippen LogP contribution in [0.3, 0.4) is 0 Å². The molecular formula is C55H96O6. The van der Waals surface area contributed by atoms with Crippen LogP contribution in [0.2, 0.25) is 0 Å². The van der Waals surface area contributed by atoms with Crippen molar-refractivity contribution in [2.75, 3.05) is 13.2 Å². The number of carbonyl (C=O) groups excluding carboxylic acids is 3. The summed E-state index contributed by atoms with van der Waals surface area (Å²) in [5, 5.41) is 0. The van der Waals surface area contributed by atoms with Crippen molar-refractivity contribution in [3.05, 3.63) is 60.8 Å². The third-order valence-electron chi connectivity index (χ3n) is 11.1. The van der Waals surface area contributed by atoms with Gasteiger partial charge in [-0.05, 0) is 64.2 Å². The van der Waals surface area contributed by atoms with Gasteiger partial charge in [0.2, 0.25) is 0 Å². The van der Waals surface area contributed by atoms with Crippen molar-refractivity contribution in [3.63, 3.8) is 0 Å². The quantitative estimate of drug-likeness (QED) is 0.0263. The number of esters is 3. The smallest absolute Gasteiger partial charge is 0.306 e. The van der Waals surface area contributed by atoms with E-state index < -0.39 is 6.10 Å². The summed E-state index contributed by atoms with van der Waals surface area (Å²) < 4.78 is 16.8. The summed E-state index contributed by atoms with van der Waals surface area (Å²) in [6, 6.07) is 0. The maximum Gasteiger partial charge on any atom is 0.306 e. The van der Waals surface area contributed by atoms with Gasteiger partial charge in [0.15, 0.2) is 6.10 Å². The second kappa shape index (κ2) is 49.8. The lowest BCUT2D eigenvalue weighted by molar-refractivity contribution is -0.167. The molecule has 0 aromatic rings. The van der Waals surface area contributed by atoms with Crippen LogP contribution in [0.15, 0.2) is 60.8 Å². The van der Waals surface area contributed by atoms with Crippen molar-refractivity contribution in [2.45, 2.75) is 258 Å². The second-order valence-corrected chi connectivity index (χ2v) is 17.1. The number of unbranched alkanes of at least 4 members (excludes halogenated alkanes) is 28. The molecule has 0 spiro atoms. The summed E-state index contributed by atoms with van der Waals surface area (Å²) in [7, 11) is 0. The van der Waals surface area contributed by atoms with Crippen LogP contribution in [0, 0.1) is 0 Å². The Labute approximate surface area is 377 Å². The Morgan fingerprint density at radius 2 is 0.639 bits per heavy atom. The molecule has 0 N–H and O–H groups in total. The van der Waals surface area contributed by atoms with Crippen LogP contribution in [0.25, 0.3) is 0 Å². The average Bonchev–Trinajstić information content (AvgIpc) is 3.26. The third-order valence-corrected chi connectivity index (χ3v) is 11.1. The summed E-state index contributed by atoms with van der Waals surface area (Å²) in [6.07, 6.45) is 60.5. The predicted molar refractivity (Wildman–Crippen MR) is 261 cm³/mol. The van der Waals surface area contributed by atoms with Crippen LogP contribution in [0.5, 0.6) is 0 Å². The zero-order valence-corrected chi connectivity index (χ0v) is 40.2. The molecule has 0 aromatic heterocycles. The van der Waals surface area contributed by atoms with E-state index in [0.717, 1.165) is 89.9 Å². The molecule has 0 heterocycles. The first-order chi connectivity index (χ1) is 30.0. The zero-order valence-electron chi connectivity index (χ0n) is 40.2. The van der Waals surface area contributed by atoms with E-state index in [1.807, 2.05) is 0 Å². The molecule has 0 aliphatic heterocycles. The average molecular weight is 853 g/mol. The lowest BCUT2D eigenvalue weighted by Crippen LogP contribution is -2.30. The Morgan fingerprint density at radius 1 is 0.344 bits per heavy atom. The maximum absolute atomic E-state index is 12.8. The molecule has 0 saturated carbocycles. The molecule has 0 rings (SSSR count). The van der Waals surface area contributed by atoms with Crippen molar-refractivity contribution in [1.29, 1.82) is 0 Å². The van der Waals surface area contributed by atoms with E-state index >= 15 is 0 Å². The van der Waals surface area contributed by atoms with E-state index in [9.17, 15) is 14.4 Å². The van der Waals surface area contributed by atoms with Gasteiger partial charge < -0.3 is 14.2 Å². The van der Waals surface area contributed by atoms with E-state index in [1.165, 1.54) is 122 Å². The molecule has 0 aromatic carbocycles. The largest absolute Gasteiger partial charge is 0.462 e. The summed E-state index contributed by atoms with van der Waals surface area (Å²) in [5.74, 6) is -0.911. The predicted octanol–water partition coefficient (Wildman–Crippen LogP) is 16.9. The molecule has 1 atom stereocenters. The van der Waals surface area contributed by atoms with Gasteiger partial charge in [0.25, 0.3) is 0 Å². The van der Waals surface area contributed by atoms with Crippen LogP contribution < -0.4 is 0 Å². The third kappa shape index (κ3) is 48.0. The molecule has 352 valence electrons. The van der Waals surface area contributed by atoms with Gasteiger partial charge in [0.05, 0.1) is 0 Å². The van der Waals surface area contributed by atoms with Gasteiger partial charge in [0, 0.05) is 19.3 Å². The molecule has 0 bridgehead atoms. The summed E-state index contributed by atoms with van der Waals surface area (Å²) >= 11 is 0. The van der Waals surface area contributed by atoms with Gasteiger partial charge in [0.1, 0.15) is 13.2 Å². The fourth-order valence-corrected chi connectivity index (χ4v) is 7.20. The number of hydrogen-bond donors (Lipinski definition) is 0. The highest BCUT2D eigenvalue weighted by Gasteiger charge is 2.19. The fraction of sp³-hybridized carbons (Fsp3) is 0.764. The van der Waals surface area contributed by atoms with E-state index in [4.69, 9.17) is 14.2 Å². The van der Waals surface area contributed by atoms with Crippen LogP contribution in [0.1, 0.15) is 252 Å². The molecule has 6 heteroatoms. The minimum Gasteiger partial charge on any atom is -0.462 e. The number of hydrogen-bond acceptors (Lipinski definition) is 6. The Bertz CT molecular complexity index is 1120. The number of ether oxygens (including phenoxy) is 3. The normalized spacial score (nSPS) is 12.5. The standard InChI is InChI=1S/C55H96O6/c1-4-7-10-13-16-19-22-25-27-30-33-36-39-42-45-48-54(57)60-51-52(50-59-53(56)47-44-41-38-35-32-29-24-21-18-15-12-9-6-3)61-55(58)49-46-43-40-37-34-31-28-26-23-20-17-14-11-8-5-2/h9,12,15-16,18-19,21-22,24-25,52H,4-8,10-11,13-14,17,20,23,26-51H2,1-3H3/b12-9+,18-15+,19-16+,24-21+,25-22+. The Balaban J connectivity index is 4.41. The first-order valence-corrected chi connectivity index (χ1v) is 25.8.